The topological polar surface area (TPSA) is 105 Å². The summed E-state index contributed by atoms with van der Waals surface area (Å²) in [6.45, 7) is 5.84. The molecule has 1 heterocycles. The van der Waals surface area contributed by atoms with E-state index in [1.165, 1.54) is 0 Å². The van der Waals surface area contributed by atoms with Crippen molar-refractivity contribution >= 4 is 17.8 Å². The number of hydrogen-bond donors (Lipinski definition) is 3. The van der Waals surface area contributed by atoms with E-state index in [0.717, 1.165) is 0 Å². The molecule has 1 aliphatic rings. The van der Waals surface area contributed by atoms with E-state index in [0.29, 0.717) is 12.8 Å². The first-order valence-corrected chi connectivity index (χ1v) is 6.66. The zero-order chi connectivity index (χ0) is 15.3. The highest BCUT2D eigenvalue weighted by Crippen LogP contribution is 2.19. The quantitative estimate of drug-likeness (QED) is 0.662. The predicted octanol–water partition coefficient (Wildman–Crippen LogP) is 0.0396. The number of aliphatic carboxylic acids is 1. The van der Waals surface area contributed by atoms with Crippen LogP contribution in [0.3, 0.4) is 0 Å². The molecule has 7 nitrogen and oxygen atoms in total. The van der Waals surface area contributed by atoms with Gasteiger partial charge in [0.25, 0.3) is 0 Å². The second-order valence-corrected chi connectivity index (χ2v) is 5.87. The second kappa shape index (κ2) is 6.69. The molecule has 0 aromatic heterocycles. The summed E-state index contributed by atoms with van der Waals surface area (Å²) in [4.78, 5) is 33.9. The summed E-state index contributed by atoms with van der Waals surface area (Å²) >= 11 is 0. The van der Waals surface area contributed by atoms with Gasteiger partial charge in [-0.2, -0.15) is 0 Å². The highest BCUT2D eigenvalue weighted by atomic mass is 16.5. The summed E-state index contributed by atoms with van der Waals surface area (Å²) in [5.74, 6) is -1.56. The summed E-state index contributed by atoms with van der Waals surface area (Å²) in [6.07, 6.45) is -0.746. The number of amides is 2. The van der Waals surface area contributed by atoms with Crippen LogP contribution in [0.5, 0.6) is 0 Å². The molecule has 0 aromatic rings. The number of carbonyl (C=O) groups is 3. The summed E-state index contributed by atoms with van der Waals surface area (Å²) in [5, 5.41) is 14.1. The van der Waals surface area contributed by atoms with Crippen LogP contribution in [0.1, 0.15) is 40.0 Å². The van der Waals surface area contributed by atoms with Crippen molar-refractivity contribution in [2.75, 3.05) is 6.54 Å². The lowest BCUT2D eigenvalue weighted by atomic mass is 10.1. The Labute approximate surface area is 118 Å². The minimum atomic E-state index is -1.05. The number of nitrogens with one attached hydrogen (secondary N) is 2. The third-order valence-electron chi connectivity index (χ3n) is 2.75. The van der Waals surface area contributed by atoms with Crippen molar-refractivity contribution in [3.63, 3.8) is 0 Å². The van der Waals surface area contributed by atoms with E-state index in [9.17, 15) is 14.4 Å². The lowest BCUT2D eigenvalue weighted by Crippen LogP contribution is -2.43. The van der Waals surface area contributed by atoms with Crippen molar-refractivity contribution in [1.82, 2.24) is 10.6 Å². The van der Waals surface area contributed by atoms with E-state index in [4.69, 9.17) is 9.84 Å². The molecule has 2 amide bonds. The first-order valence-electron chi connectivity index (χ1n) is 6.66. The summed E-state index contributed by atoms with van der Waals surface area (Å²) in [5.41, 5.74) is -0.301. The van der Waals surface area contributed by atoms with Crippen molar-refractivity contribution in [1.29, 1.82) is 0 Å². The maximum atomic E-state index is 11.7. The van der Waals surface area contributed by atoms with Crippen LogP contribution in [0, 0.1) is 0 Å². The van der Waals surface area contributed by atoms with Crippen molar-refractivity contribution in [2.45, 2.75) is 57.8 Å². The Morgan fingerprint density at radius 2 is 1.80 bits per heavy atom. The minimum absolute atomic E-state index is 0.145. The third kappa shape index (κ3) is 5.56. The van der Waals surface area contributed by atoms with E-state index in [1.54, 1.807) is 0 Å². The molecule has 1 fully saturated rings. The largest absolute Gasteiger partial charge is 0.479 e. The Bertz CT molecular complexity index is 389. The zero-order valence-corrected chi connectivity index (χ0v) is 12.1. The second-order valence-electron chi connectivity index (χ2n) is 5.87. The van der Waals surface area contributed by atoms with Gasteiger partial charge < -0.3 is 20.5 Å². The molecule has 114 valence electrons. The summed E-state index contributed by atoms with van der Waals surface area (Å²) < 4.78 is 5.11. The Hall–Kier alpha value is -1.63. The van der Waals surface area contributed by atoms with Gasteiger partial charge in [0, 0.05) is 18.5 Å². The fourth-order valence-corrected chi connectivity index (χ4v) is 1.91. The predicted molar refractivity (Wildman–Crippen MR) is 71.1 cm³/mol. The molecule has 7 heteroatoms. The average molecular weight is 286 g/mol. The molecular formula is C13H22N2O5. The van der Waals surface area contributed by atoms with Crippen LogP contribution in [-0.2, 0) is 19.1 Å². The van der Waals surface area contributed by atoms with Gasteiger partial charge >= 0.3 is 5.97 Å². The highest BCUT2D eigenvalue weighted by Gasteiger charge is 2.34. The van der Waals surface area contributed by atoms with Gasteiger partial charge in [-0.3, -0.25) is 9.59 Å². The van der Waals surface area contributed by atoms with Crippen LogP contribution in [-0.4, -0.2) is 47.2 Å². The fourth-order valence-electron chi connectivity index (χ4n) is 1.91. The Morgan fingerprint density at radius 3 is 2.30 bits per heavy atom. The SMILES string of the molecule is CC(C)(C)NC(=O)CCNC(=O)C1CCC(C(=O)O)O1. The molecule has 20 heavy (non-hydrogen) atoms. The van der Waals surface area contributed by atoms with E-state index in [1.807, 2.05) is 20.8 Å². The average Bonchev–Trinajstić information content (AvgIpc) is 2.75. The molecule has 0 aliphatic carbocycles. The Balaban J connectivity index is 2.24. The lowest BCUT2D eigenvalue weighted by Gasteiger charge is -2.20. The molecule has 1 aliphatic heterocycles. The van der Waals surface area contributed by atoms with Crippen molar-refractivity contribution in [3.05, 3.63) is 0 Å². The molecular weight excluding hydrogens is 264 g/mol. The number of carboxylic acid groups (broad SMARTS) is 1. The van der Waals surface area contributed by atoms with Crippen LogP contribution in [0.2, 0.25) is 0 Å². The number of hydrogen-bond acceptors (Lipinski definition) is 4. The molecule has 0 spiro atoms. The monoisotopic (exact) mass is 286 g/mol. The molecule has 1 saturated heterocycles. The zero-order valence-electron chi connectivity index (χ0n) is 12.1. The van der Waals surface area contributed by atoms with Crippen LogP contribution >= 0.6 is 0 Å². The van der Waals surface area contributed by atoms with Crippen molar-refractivity contribution < 1.29 is 24.2 Å². The maximum absolute atomic E-state index is 11.7. The third-order valence-corrected chi connectivity index (χ3v) is 2.75. The smallest absolute Gasteiger partial charge is 0.332 e. The lowest BCUT2D eigenvalue weighted by molar-refractivity contribution is -0.151. The fraction of sp³-hybridized carbons (Fsp3) is 0.769. The van der Waals surface area contributed by atoms with E-state index >= 15 is 0 Å². The van der Waals surface area contributed by atoms with Gasteiger partial charge in [-0.05, 0) is 33.6 Å². The molecule has 1 rings (SSSR count). The summed E-state index contributed by atoms with van der Waals surface area (Å²) in [7, 11) is 0. The highest BCUT2D eigenvalue weighted by molar-refractivity contribution is 5.83. The maximum Gasteiger partial charge on any atom is 0.332 e. The van der Waals surface area contributed by atoms with Gasteiger partial charge in [0.05, 0.1) is 0 Å². The van der Waals surface area contributed by atoms with Crippen LogP contribution in [0.4, 0.5) is 0 Å². The van der Waals surface area contributed by atoms with Gasteiger partial charge in [0.1, 0.15) is 6.10 Å². The standard InChI is InChI=1S/C13H22N2O5/c1-13(2,3)15-10(16)6-7-14-11(17)8-4-5-9(20-8)12(18)19/h8-9H,4-7H2,1-3H3,(H,14,17)(H,15,16)(H,18,19). The van der Waals surface area contributed by atoms with Crippen LogP contribution in [0.25, 0.3) is 0 Å². The summed E-state index contributed by atoms with van der Waals surface area (Å²) in [6, 6.07) is 0. The first kappa shape index (κ1) is 16.4. The Morgan fingerprint density at radius 1 is 1.20 bits per heavy atom. The molecule has 0 bridgehead atoms. The molecule has 0 radical (unpaired) electrons. The molecule has 3 N–H and O–H groups in total. The van der Waals surface area contributed by atoms with E-state index in [2.05, 4.69) is 10.6 Å². The molecule has 0 saturated carbocycles. The van der Waals surface area contributed by atoms with Gasteiger partial charge in [-0.25, -0.2) is 4.79 Å². The normalized spacial score (nSPS) is 22.4. The molecule has 2 unspecified atom stereocenters. The van der Waals surface area contributed by atoms with Gasteiger partial charge in [-0.15, -0.1) is 0 Å². The van der Waals surface area contributed by atoms with Crippen LogP contribution in [0.15, 0.2) is 0 Å². The number of carbonyl (C=O) groups excluding carboxylic acids is 2. The molecule has 2 atom stereocenters. The van der Waals surface area contributed by atoms with Gasteiger partial charge in [0.2, 0.25) is 11.8 Å². The van der Waals surface area contributed by atoms with Gasteiger partial charge in [0.15, 0.2) is 6.10 Å². The number of carboxylic acids is 1. The van der Waals surface area contributed by atoms with E-state index in [-0.39, 0.29) is 30.3 Å². The number of rotatable bonds is 5. The minimum Gasteiger partial charge on any atom is -0.479 e. The van der Waals surface area contributed by atoms with E-state index < -0.39 is 18.2 Å². The Kier molecular flexibility index (Phi) is 5.50. The van der Waals surface area contributed by atoms with Crippen LogP contribution < -0.4 is 10.6 Å². The first-order chi connectivity index (χ1) is 9.19. The van der Waals surface area contributed by atoms with Gasteiger partial charge in [-0.1, -0.05) is 0 Å². The molecule has 0 aromatic carbocycles. The number of ether oxygens (including phenoxy) is 1. The van der Waals surface area contributed by atoms with Crippen molar-refractivity contribution in [2.24, 2.45) is 0 Å². The van der Waals surface area contributed by atoms with Crippen molar-refractivity contribution in [3.8, 4) is 0 Å².